The van der Waals surface area contributed by atoms with E-state index in [2.05, 4.69) is 5.32 Å². The van der Waals surface area contributed by atoms with Crippen LogP contribution in [0.1, 0.15) is 13.8 Å². The van der Waals surface area contributed by atoms with E-state index in [1.807, 2.05) is 13.8 Å². The average molecular weight is 298 g/mol. The van der Waals surface area contributed by atoms with Crippen LogP contribution in [0.25, 0.3) is 0 Å². The van der Waals surface area contributed by atoms with Crippen LogP contribution in [0, 0.1) is 5.82 Å². The van der Waals surface area contributed by atoms with Crippen molar-refractivity contribution < 1.29 is 19.0 Å². The molecule has 1 aromatic carbocycles. The van der Waals surface area contributed by atoms with Gasteiger partial charge in [0.1, 0.15) is 12.7 Å². The van der Waals surface area contributed by atoms with Crippen LogP contribution in [0.5, 0.6) is 5.75 Å². The van der Waals surface area contributed by atoms with Crippen LogP contribution in [-0.4, -0.2) is 54.8 Å². The van der Waals surface area contributed by atoms with Crippen LogP contribution in [0.3, 0.4) is 0 Å². The molecule has 0 heterocycles. The Morgan fingerprint density at radius 3 is 2.76 bits per heavy atom. The minimum absolute atomic E-state index is 0.0210. The molecule has 1 aromatic rings. The summed E-state index contributed by atoms with van der Waals surface area (Å²) in [6.07, 6.45) is -0.793. The molecule has 1 rings (SSSR count). The second-order valence-electron chi connectivity index (χ2n) is 4.68. The highest BCUT2D eigenvalue weighted by molar-refractivity contribution is 5.77. The highest BCUT2D eigenvalue weighted by Gasteiger charge is 2.14. The Kier molecular flexibility index (Phi) is 7.71. The maximum atomic E-state index is 13.4. The number of likely N-dealkylation sites (N-methyl/N-ethyl adjacent to an activating group) is 2. The Morgan fingerprint density at radius 1 is 1.43 bits per heavy atom. The number of hydrogen-bond acceptors (Lipinski definition) is 4. The first kappa shape index (κ1) is 17.4. The van der Waals surface area contributed by atoms with Crippen molar-refractivity contribution in [2.45, 2.75) is 20.0 Å². The molecule has 0 spiro atoms. The lowest BCUT2D eigenvalue weighted by Crippen LogP contribution is -2.42. The molecule has 0 aliphatic carbocycles. The summed E-state index contributed by atoms with van der Waals surface area (Å²) in [7, 11) is 0. The Balaban J connectivity index is 2.39. The first-order chi connectivity index (χ1) is 10.1. The number of carbonyl (C=O) groups excluding carboxylic acids is 1. The molecular weight excluding hydrogens is 275 g/mol. The number of nitrogens with zero attached hydrogens (tertiary/aromatic N) is 1. The molecule has 2 N–H and O–H groups in total. The average Bonchev–Trinajstić information content (AvgIpc) is 2.46. The molecule has 0 saturated carbocycles. The summed E-state index contributed by atoms with van der Waals surface area (Å²) in [4.78, 5) is 13.3. The molecule has 21 heavy (non-hydrogen) atoms. The molecule has 0 radical (unpaired) electrons. The van der Waals surface area contributed by atoms with Crippen LogP contribution in [0.4, 0.5) is 4.39 Å². The Labute approximate surface area is 124 Å². The van der Waals surface area contributed by atoms with Gasteiger partial charge in [-0.25, -0.2) is 4.39 Å². The first-order valence-electron chi connectivity index (χ1n) is 7.11. The summed E-state index contributed by atoms with van der Waals surface area (Å²) in [5, 5.41) is 12.6. The van der Waals surface area contributed by atoms with Crippen LogP contribution in [0.15, 0.2) is 24.3 Å². The van der Waals surface area contributed by atoms with E-state index in [9.17, 15) is 14.3 Å². The van der Waals surface area contributed by atoms with Gasteiger partial charge in [0.2, 0.25) is 5.91 Å². The topological polar surface area (TPSA) is 61.8 Å². The van der Waals surface area contributed by atoms with Gasteiger partial charge in [-0.15, -0.1) is 0 Å². The van der Waals surface area contributed by atoms with Gasteiger partial charge in [0.05, 0.1) is 6.54 Å². The van der Waals surface area contributed by atoms with Crippen molar-refractivity contribution in [2.24, 2.45) is 0 Å². The van der Waals surface area contributed by atoms with Gasteiger partial charge in [-0.05, 0) is 25.6 Å². The number of para-hydroxylation sites is 1. The maximum absolute atomic E-state index is 13.4. The molecule has 0 aromatic heterocycles. The molecule has 1 atom stereocenters. The fraction of sp³-hybridized carbons (Fsp3) is 0.533. The Hall–Kier alpha value is -1.66. The zero-order valence-corrected chi connectivity index (χ0v) is 12.5. The molecule has 6 heteroatoms. The molecule has 118 valence electrons. The number of rotatable bonds is 9. The predicted octanol–water partition coefficient (Wildman–Crippen LogP) is 1.02. The van der Waals surface area contributed by atoms with Crippen LogP contribution < -0.4 is 10.1 Å². The zero-order chi connectivity index (χ0) is 15.7. The van der Waals surface area contributed by atoms with E-state index in [1.54, 1.807) is 17.0 Å². The highest BCUT2D eigenvalue weighted by Crippen LogP contribution is 2.15. The first-order valence-corrected chi connectivity index (χ1v) is 7.11. The quantitative estimate of drug-likeness (QED) is 0.715. The monoisotopic (exact) mass is 298 g/mol. The summed E-state index contributed by atoms with van der Waals surface area (Å²) in [5.41, 5.74) is 0. The van der Waals surface area contributed by atoms with E-state index < -0.39 is 11.9 Å². The molecule has 0 aliphatic heterocycles. The fourth-order valence-corrected chi connectivity index (χ4v) is 1.86. The lowest BCUT2D eigenvalue weighted by molar-refractivity contribution is -0.122. The van der Waals surface area contributed by atoms with E-state index in [1.165, 1.54) is 12.1 Å². The standard InChI is InChI=1S/C15H23FN2O3/c1-3-17-15(20)10-18(4-2)9-12(19)11-21-14-8-6-5-7-13(14)16/h5-8,12,19H,3-4,9-11H2,1-2H3,(H,17,20). The molecule has 0 saturated heterocycles. The molecule has 0 fully saturated rings. The van der Waals surface area contributed by atoms with Crippen molar-refractivity contribution in [3.63, 3.8) is 0 Å². The van der Waals surface area contributed by atoms with Crippen LogP contribution in [-0.2, 0) is 4.79 Å². The Morgan fingerprint density at radius 2 is 2.14 bits per heavy atom. The fourth-order valence-electron chi connectivity index (χ4n) is 1.86. The highest BCUT2D eigenvalue weighted by atomic mass is 19.1. The number of carbonyl (C=O) groups is 1. The summed E-state index contributed by atoms with van der Waals surface area (Å²) in [6.45, 7) is 5.47. The third-order valence-corrected chi connectivity index (χ3v) is 2.93. The summed E-state index contributed by atoms with van der Waals surface area (Å²) >= 11 is 0. The summed E-state index contributed by atoms with van der Waals surface area (Å²) < 4.78 is 18.6. The van der Waals surface area contributed by atoms with Crippen molar-refractivity contribution in [1.82, 2.24) is 10.2 Å². The van der Waals surface area contributed by atoms with E-state index >= 15 is 0 Å². The van der Waals surface area contributed by atoms with Gasteiger partial charge >= 0.3 is 0 Å². The van der Waals surface area contributed by atoms with Gasteiger partial charge in [-0.2, -0.15) is 0 Å². The van der Waals surface area contributed by atoms with E-state index in [4.69, 9.17) is 4.74 Å². The molecule has 1 unspecified atom stereocenters. The smallest absolute Gasteiger partial charge is 0.234 e. The number of nitrogens with one attached hydrogen (secondary N) is 1. The second-order valence-corrected chi connectivity index (χ2v) is 4.68. The van der Waals surface area contributed by atoms with Crippen molar-refractivity contribution >= 4 is 5.91 Å². The summed E-state index contributed by atoms with van der Waals surface area (Å²) in [6, 6.07) is 6.05. The lowest BCUT2D eigenvalue weighted by atomic mass is 10.3. The number of halogens is 1. The van der Waals surface area contributed by atoms with Gasteiger partial charge in [0, 0.05) is 13.1 Å². The molecule has 5 nitrogen and oxygen atoms in total. The maximum Gasteiger partial charge on any atom is 0.234 e. The largest absolute Gasteiger partial charge is 0.488 e. The predicted molar refractivity (Wildman–Crippen MR) is 78.7 cm³/mol. The number of aliphatic hydroxyl groups excluding tert-OH is 1. The lowest BCUT2D eigenvalue weighted by Gasteiger charge is -2.23. The van der Waals surface area contributed by atoms with Crippen molar-refractivity contribution in [3.8, 4) is 5.75 Å². The van der Waals surface area contributed by atoms with Crippen LogP contribution >= 0.6 is 0 Å². The number of ether oxygens (including phenoxy) is 1. The van der Waals surface area contributed by atoms with Gasteiger partial charge < -0.3 is 15.2 Å². The number of hydrogen-bond donors (Lipinski definition) is 2. The van der Waals surface area contributed by atoms with Crippen molar-refractivity contribution in [3.05, 3.63) is 30.1 Å². The third kappa shape index (κ3) is 6.55. The summed E-state index contributed by atoms with van der Waals surface area (Å²) in [5.74, 6) is -0.427. The van der Waals surface area contributed by atoms with E-state index in [0.29, 0.717) is 19.6 Å². The number of benzene rings is 1. The van der Waals surface area contributed by atoms with Gasteiger partial charge in [0.25, 0.3) is 0 Å². The van der Waals surface area contributed by atoms with Crippen molar-refractivity contribution in [2.75, 3.05) is 32.8 Å². The second kappa shape index (κ2) is 9.31. The zero-order valence-electron chi connectivity index (χ0n) is 12.5. The molecule has 0 aliphatic rings. The molecule has 1 amide bonds. The van der Waals surface area contributed by atoms with E-state index in [0.717, 1.165) is 0 Å². The van der Waals surface area contributed by atoms with Gasteiger partial charge in [0.15, 0.2) is 11.6 Å². The normalized spacial score (nSPS) is 12.2. The number of aliphatic hydroxyl groups is 1. The van der Waals surface area contributed by atoms with Gasteiger partial charge in [-0.1, -0.05) is 19.1 Å². The van der Waals surface area contributed by atoms with Crippen molar-refractivity contribution in [1.29, 1.82) is 0 Å². The van der Waals surface area contributed by atoms with E-state index in [-0.39, 0.29) is 24.8 Å². The number of amides is 1. The minimum Gasteiger partial charge on any atom is -0.488 e. The Bertz CT molecular complexity index is 443. The molecular formula is C15H23FN2O3. The third-order valence-electron chi connectivity index (χ3n) is 2.93. The molecule has 0 bridgehead atoms. The van der Waals surface area contributed by atoms with Gasteiger partial charge in [-0.3, -0.25) is 9.69 Å². The SMILES string of the molecule is CCNC(=O)CN(CC)CC(O)COc1ccccc1F. The minimum atomic E-state index is -0.793. The van der Waals surface area contributed by atoms with Crippen LogP contribution in [0.2, 0.25) is 0 Å².